The zero-order valence-corrected chi connectivity index (χ0v) is 19.3. The first-order chi connectivity index (χ1) is 14.8. The second kappa shape index (κ2) is 10.9. The Labute approximate surface area is 189 Å². The van der Waals surface area contributed by atoms with Gasteiger partial charge in [-0.1, -0.05) is 88.7 Å². The van der Waals surface area contributed by atoms with Crippen LogP contribution in [0.2, 0.25) is 0 Å². The summed E-state index contributed by atoms with van der Waals surface area (Å²) >= 11 is 3.54. The fourth-order valence-corrected chi connectivity index (χ4v) is 5.01. The minimum Gasteiger partial charge on any atom is -0.331 e. The van der Waals surface area contributed by atoms with E-state index in [9.17, 15) is 0 Å². The Kier molecular flexibility index (Phi) is 7.74. The monoisotopic (exact) mass is 464 g/mol. The van der Waals surface area contributed by atoms with Crippen LogP contribution < -0.4 is 9.80 Å². The summed E-state index contributed by atoms with van der Waals surface area (Å²) < 4.78 is 1.17. The highest BCUT2D eigenvalue weighted by Gasteiger charge is 2.30. The first-order valence-corrected chi connectivity index (χ1v) is 12.1. The molecule has 2 N–H and O–H groups in total. The van der Waals surface area contributed by atoms with Gasteiger partial charge in [0.25, 0.3) is 0 Å². The second-order valence-electron chi connectivity index (χ2n) is 8.63. The van der Waals surface area contributed by atoms with E-state index in [-0.39, 0.29) is 0 Å². The Balaban J connectivity index is 1.36. The summed E-state index contributed by atoms with van der Waals surface area (Å²) in [5.74, 6) is 0. The molecule has 1 heterocycles. The molecular formula is C27H33BrN2+2. The van der Waals surface area contributed by atoms with E-state index in [0.717, 1.165) is 25.6 Å². The van der Waals surface area contributed by atoms with Crippen molar-refractivity contribution in [2.75, 3.05) is 19.6 Å². The predicted molar refractivity (Wildman–Crippen MR) is 128 cm³/mol. The molecule has 3 aromatic rings. The molecule has 0 radical (unpaired) electrons. The van der Waals surface area contributed by atoms with Crippen molar-refractivity contribution in [3.63, 3.8) is 0 Å². The van der Waals surface area contributed by atoms with Gasteiger partial charge in [0.15, 0.2) is 0 Å². The number of hydrogen-bond donors (Lipinski definition) is 2. The Bertz CT molecular complexity index is 872. The average molecular weight is 465 g/mol. The fraction of sp³-hybridized carbons (Fsp3) is 0.333. The highest BCUT2D eigenvalue weighted by molar-refractivity contribution is 9.10. The summed E-state index contributed by atoms with van der Waals surface area (Å²) in [4.78, 5) is 3.49. The molecule has 1 fully saturated rings. The van der Waals surface area contributed by atoms with E-state index in [1.54, 1.807) is 9.80 Å². The highest BCUT2D eigenvalue weighted by Crippen LogP contribution is 2.10. The molecule has 4 rings (SSSR count). The predicted octanol–water partition coefficient (Wildman–Crippen LogP) is 3.32. The Morgan fingerprint density at radius 2 is 1.33 bits per heavy atom. The minimum absolute atomic E-state index is 0.766. The average Bonchev–Trinajstić information content (AvgIpc) is 2.80. The summed E-state index contributed by atoms with van der Waals surface area (Å²) in [5, 5.41) is 0. The zero-order chi connectivity index (χ0) is 20.6. The van der Waals surface area contributed by atoms with Gasteiger partial charge in [-0.05, 0) is 17.7 Å². The van der Waals surface area contributed by atoms with Crippen LogP contribution in [0.1, 0.15) is 29.5 Å². The van der Waals surface area contributed by atoms with Crippen LogP contribution in [0.5, 0.6) is 0 Å². The van der Waals surface area contributed by atoms with Crippen LogP contribution in [0, 0.1) is 0 Å². The van der Waals surface area contributed by atoms with Gasteiger partial charge in [0.05, 0.1) is 25.7 Å². The van der Waals surface area contributed by atoms with Crippen molar-refractivity contribution in [3.8, 4) is 0 Å². The van der Waals surface area contributed by atoms with Crippen LogP contribution in [-0.4, -0.2) is 25.7 Å². The molecule has 0 bridgehead atoms. The summed E-state index contributed by atoms with van der Waals surface area (Å²) in [5.41, 5.74) is 4.37. The van der Waals surface area contributed by atoms with E-state index in [1.807, 2.05) is 0 Å². The van der Waals surface area contributed by atoms with Crippen molar-refractivity contribution in [3.05, 3.63) is 106 Å². The van der Waals surface area contributed by atoms with E-state index in [0.29, 0.717) is 0 Å². The maximum absolute atomic E-state index is 3.54. The third kappa shape index (κ3) is 6.28. The number of piperidine rings is 1. The summed E-state index contributed by atoms with van der Waals surface area (Å²) in [7, 11) is 0. The van der Waals surface area contributed by atoms with Gasteiger partial charge in [-0.3, -0.25) is 0 Å². The van der Waals surface area contributed by atoms with Gasteiger partial charge in [-0.25, -0.2) is 0 Å². The summed E-state index contributed by atoms with van der Waals surface area (Å²) in [6.45, 7) is 6.07. The molecule has 3 heteroatoms. The molecule has 0 aliphatic carbocycles. The quantitative estimate of drug-likeness (QED) is 0.505. The Morgan fingerprint density at radius 1 is 0.733 bits per heavy atom. The van der Waals surface area contributed by atoms with Crippen LogP contribution in [0.15, 0.2) is 89.4 Å². The number of nitrogens with one attached hydrogen (secondary N) is 2. The Morgan fingerprint density at radius 3 is 1.97 bits per heavy atom. The molecule has 0 aromatic heterocycles. The lowest BCUT2D eigenvalue weighted by atomic mass is 10.0. The van der Waals surface area contributed by atoms with Crippen LogP contribution in [-0.2, 0) is 19.5 Å². The molecule has 0 saturated carbocycles. The van der Waals surface area contributed by atoms with Gasteiger partial charge in [0.1, 0.15) is 13.1 Å². The number of halogens is 1. The molecule has 30 heavy (non-hydrogen) atoms. The molecule has 0 amide bonds. The zero-order valence-electron chi connectivity index (χ0n) is 17.7. The van der Waals surface area contributed by atoms with Crippen molar-refractivity contribution in [2.45, 2.75) is 38.4 Å². The van der Waals surface area contributed by atoms with Gasteiger partial charge < -0.3 is 9.80 Å². The van der Waals surface area contributed by atoms with Crippen molar-refractivity contribution in [2.24, 2.45) is 0 Å². The molecule has 1 atom stereocenters. The van der Waals surface area contributed by atoms with Gasteiger partial charge in [0.2, 0.25) is 0 Å². The smallest absolute Gasteiger partial charge is 0.103 e. The normalized spacial score (nSPS) is 20.0. The Hall–Kier alpha value is -1.94. The number of quaternary nitrogens is 2. The van der Waals surface area contributed by atoms with E-state index in [2.05, 4.69) is 101 Å². The largest absolute Gasteiger partial charge is 0.331 e. The minimum atomic E-state index is 0.766. The van der Waals surface area contributed by atoms with Crippen molar-refractivity contribution in [1.82, 2.24) is 0 Å². The van der Waals surface area contributed by atoms with Crippen LogP contribution in [0.4, 0.5) is 0 Å². The third-order valence-electron chi connectivity index (χ3n) is 6.49. The summed E-state index contributed by atoms with van der Waals surface area (Å²) in [6.07, 6.45) is 3.81. The van der Waals surface area contributed by atoms with Gasteiger partial charge in [-0.15, -0.1) is 0 Å². The SMILES string of the molecule is Brc1ccc(C[NH+]2CCC([NH+](CCc3ccccc3)Cc3ccccc3)CC2)cc1. The third-order valence-corrected chi connectivity index (χ3v) is 7.02. The molecule has 156 valence electrons. The first kappa shape index (κ1) is 21.3. The lowest BCUT2D eigenvalue weighted by Crippen LogP contribution is -3.19. The van der Waals surface area contributed by atoms with Crippen molar-refractivity contribution >= 4 is 15.9 Å². The van der Waals surface area contributed by atoms with Crippen molar-refractivity contribution < 1.29 is 9.80 Å². The molecule has 1 saturated heterocycles. The lowest BCUT2D eigenvalue weighted by Gasteiger charge is -2.34. The second-order valence-corrected chi connectivity index (χ2v) is 9.55. The van der Waals surface area contributed by atoms with E-state index < -0.39 is 0 Å². The standard InChI is InChI=1S/C27H31BrN2/c28-26-13-11-25(12-14-26)21-29-18-16-27(17-19-29)30(22-24-9-5-2-6-10-24)20-15-23-7-3-1-4-8-23/h1-14,27H,15-22H2/p+2. The molecule has 2 nitrogen and oxygen atoms in total. The molecule has 1 aliphatic heterocycles. The van der Waals surface area contributed by atoms with E-state index in [4.69, 9.17) is 0 Å². The molecule has 1 aliphatic rings. The first-order valence-electron chi connectivity index (χ1n) is 11.3. The lowest BCUT2D eigenvalue weighted by molar-refractivity contribution is -0.970. The highest BCUT2D eigenvalue weighted by atomic mass is 79.9. The molecular weight excluding hydrogens is 432 g/mol. The van der Waals surface area contributed by atoms with Gasteiger partial charge >= 0.3 is 0 Å². The number of likely N-dealkylation sites (tertiary alicyclic amines) is 1. The topological polar surface area (TPSA) is 8.88 Å². The van der Waals surface area contributed by atoms with Gasteiger partial charge in [0, 0.05) is 34.9 Å². The number of rotatable bonds is 8. The van der Waals surface area contributed by atoms with Gasteiger partial charge in [-0.2, -0.15) is 0 Å². The molecule has 0 spiro atoms. The molecule has 3 aromatic carbocycles. The summed E-state index contributed by atoms with van der Waals surface area (Å²) in [6, 6.07) is 31.6. The number of hydrogen-bond acceptors (Lipinski definition) is 0. The van der Waals surface area contributed by atoms with Crippen LogP contribution in [0.25, 0.3) is 0 Å². The van der Waals surface area contributed by atoms with E-state index >= 15 is 0 Å². The van der Waals surface area contributed by atoms with Crippen LogP contribution in [0.3, 0.4) is 0 Å². The maximum Gasteiger partial charge on any atom is 0.103 e. The van der Waals surface area contributed by atoms with E-state index in [1.165, 1.54) is 53.6 Å². The number of benzene rings is 3. The maximum atomic E-state index is 3.54. The molecule has 1 unspecified atom stereocenters. The fourth-order valence-electron chi connectivity index (χ4n) is 4.75. The van der Waals surface area contributed by atoms with Crippen molar-refractivity contribution in [1.29, 1.82) is 0 Å². The van der Waals surface area contributed by atoms with Crippen LogP contribution >= 0.6 is 15.9 Å².